The number of carboxylic acid groups (broad SMARTS) is 1. The second-order valence-corrected chi connectivity index (χ2v) is 9.10. The van der Waals surface area contributed by atoms with Crippen molar-refractivity contribution in [2.75, 3.05) is 50.7 Å². The third kappa shape index (κ3) is 3.51. The fourth-order valence-electron chi connectivity index (χ4n) is 4.15. The fraction of sp³-hybridized carbons (Fsp3) is 0.400. The van der Waals surface area contributed by atoms with Crippen molar-refractivity contribution in [3.05, 3.63) is 35.9 Å². The predicted molar refractivity (Wildman–Crippen MR) is 113 cm³/mol. The molecule has 2 amide bonds. The van der Waals surface area contributed by atoms with E-state index >= 15 is 0 Å². The maximum Gasteiger partial charge on any atom is 0.407 e. The van der Waals surface area contributed by atoms with E-state index in [-0.39, 0.29) is 17.3 Å². The average Bonchev–Trinajstić information content (AvgIpc) is 3.01. The third-order valence-corrected chi connectivity index (χ3v) is 7.23. The Bertz CT molecular complexity index is 1110. The molecule has 0 aliphatic carbocycles. The zero-order valence-electron chi connectivity index (χ0n) is 16.7. The SMILES string of the molecule is CCN1C(=O)c2cccc3c(S(=O)(=O)NCCN4CCN(C(=O)O)CC4)ccc1c23. The molecule has 0 spiro atoms. The highest BCUT2D eigenvalue weighted by Gasteiger charge is 2.31. The summed E-state index contributed by atoms with van der Waals surface area (Å²) in [6.45, 7) is 5.10. The summed E-state index contributed by atoms with van der Waals surface area (Å²) in [5, 5.41) is 10.2. The molecule has 2 aromatic carbocycles. The van der Waals surface area contributed by atoms with Crippen LogP contribution in [0, 0.1) is 0 Å². The first-order chi connectivity index (χ1) is 14.3. The van der Waals surface area contributed by atoms with Crippen LogP contribution in [-0.4, -0.2) is 81.1 Å². The lowest BCUT2D eigenvalue weighted by atomic mass is 10.1. The van der Waals surface area contributed by atoms with Crippen LogP contribution >= 0.6 is 0 Å². The van der Waals surface area contributed by atoms with Crippen LogP contribution < -0.4 is 9.62 Å². The molecule has 4 rings (SSSR count). The molecule has 0 unspecified atom stereocenters. The summed E-state index contributed by atoms with van der Waals surface area (Å²) in [4.78, 5) is 28.8. The summed E-state index contributed by atoms with van der Waals surface area (Å²) in [7, 11) is -3.77. The van der Waals surface area contributed by atoms with Crippen molar-refractivity contribution in [3.63, 3.8) is 0 Å². The quantitative estimate of drug-likeness (QED) is 0.714. The lowest BCUT2D eigenvalue weighted by Crippen LogP contribution is -2.49. The van der Waals surface area contributed by atoms with Gasteiger partial charge in [-0.1, -0.05) is 12.1 Å². The van der Waals surface area contributed by atoms with Gasteiger partial charge in [0.05, 0.1) is 10.6 Å². The number of hydrogen-bond acceptors (Lipinski definition) is 5. The number of hydrogen-bond donors (Lipinski definition) is 2. The first-order valence-electron chi connectivity index (χ1n) is 9.91. The van der Waals surface area contributed by atoms with Gasteiger partial charge in [0.25, 0.3) is 5.91 Å². The molecule has 30 heavy (non-hydrogen) atoms. The maximum absolute atomic E-state index is 13.0. The largest absolute Gasteiger partial charge is 0.465 e. The molecule has 0 saturated carbocycles. The van der Waals surface area contributed by atoms with Gasteiger partial charge < -0.3 is 14.9 Å². The van der Waals surface area contributed by atoms with E-state index in [1.807, 2.05) is 11.8 Å². The van der Waals surface area contributed by atoms with E-state index < -0.39 is 16.1 Å². The van der Waals surface area contributed by atoms with E-state index in [4.69, 9.17) is 5.11 Å². The monoisotopic (exact) mass is 432 g/mol. The molecular formula is C20H24N4O5S. The van der Waals surface area contributed by atoms with Gasteiger partial charge in [0.2, 0.25) is 10.0 Å². The van der Waals surface area contributed by atoms with Crippen LogP contribution in [0.2, 0.25) is 0 Å². The molecule has 0 aromatic heterocycles. The topological polar surface area (TPSA) is 110 Å². The zero-order valence-corrected chi connectivity index (χ0v) is 17.5. The molecule has 0 bridgehead atoms. The Balaban J connectivity index is 1.50. The van der Waals surface area contributed by atoms with Crippen molar-refractivity contribution >= 4 is 38.5 Å². The Kier molecular flexibility index (Phi) is 5.39. The molecule has 2 N–H and O–H groups in total. The fourth-order valence-corrected chi connectivity index (χ4v) is 5.37. The van der Waals surface area contributed by atoms with Gasteiger partial charge in [-0.2, -0.15) is 0 Å². The van der Waals surface area contributed by atoms with Crippen LogP contribution in [0.25, 0.3) is 10.8 Å². The van der Waals surface area contributed by atoms with Crippen molar-refractivity contribution < 1.29 is 23.1 Å². The average molecular weight is 433 g/mol. The third-order valence-electron chi connectivity index (χ3n) is 5.71. The minimum absolute atomic E-state index is 0.110. The Morgan fingerprint density at radius 3 is 2.53 bits per heavy atom. The molecule has 0 radical (unpaired) electrons. The van der Waals surface area contributed by atoms with E-state index in [9.17, 15) is 18.0 Å². The minimum Gasteiger partial charge on any atom is -0.465 e. The second kappa shape index (κ2) is 7.86. The zero-order chi connectivity index (χ0) is 21.5. The molecule has 2 aliphatic rings. The van der Waals surface area contributed by atoms with E-state index in [0.717, 1.165) is 5.69 Å². The molecule has 2 aromatic rings. The van der Waals surface area contributed by atoms with Gasteiger partial charge in [-0.15, -0.1) is 0 Å². The molecule has 2 aliphatic heterocycles. The Labute approximate surface area is 174 Å². The highest BCUT2D eigenvalue weighted by molar-refractivity contribution is 7.89. The summed E-state index contributed by atoms with van der Waals surface area (Å²) in [5.41, 5.74) is 1.26. The second-order valence-electron chi connectivity index (χ2n) is 7.37. The molecular weight excluding hydrogens is 408 g/mol. The number of piperazine rings is 1. The highest BCUT2D eigenvalue weighted by atomic mass is 32.2. The summed E-state index contributed by atoms with van der Waals surface area (Å²) in [6.07, 6.45) is -0.928. The first kappa shape index (κ1) is 20.6. The number of nitrogens with zero attached hydrogens (tertiary/aromatic N) is 3. The number of rotatable bonds is 6. The maximum atomic E-state index is 13.0. The number of anilines is 1. The lowest BCUT2D eigenvalue weighted by Gasteiger charge is -2.32. The van der Waals surface area contributed by atoms with E-state index in [2.05, 4.69) is 4.72 Å². The van der Waals surface area contributed by atoms with Gasteiger partial charge in [0, 0.05) is 62.1 Å². The number of nitrogens with one attached hydrogen (secondary N) is 1. The van der Waals surface area contributed by atoms with E-state index in [1.165, 1.54) is 4.90 Å². The molecule has 1 fully saturated rings. The molecule has 2 heterocycles. The summed E-state index contributed by atoms with van der Waals surface area (Å²) in [5.74, 6) is -0.110. The number of sulfonamides is 1. The minimum atomic E-state index is -3.77. The van der Waals surface area contributed by atoms with Gasteiger partial charge in [-0.05, 0) is 25.1 Å². The number of carbonyl (C=O) groups is 2. The van der Waals surface area contributed by atoms with Crippen LogP contribution in [0.4, 0.5) is 10.5 Å². The van der Waals surface area contributed by atoms with Gasteiger partial charge in [0.1, 0.15) is 0 Å². The molecule has 0 atom stereocenters. The standard InChI is InChI=1S/C20H24N4O5S/c1-2-24-16-6-7-17(14-4-3-5-15(18(14)16)19(24)25)30(28,29)21-8-9-22-10-12-23(13-11-22)20(26)27/h3-7,21H,2,8-13H2,1H3,(H,26,27). The van der Waals surface area contributed by atoms with Gasteiger partial charge in [-0.25, -0.2) is 17.9 Å². The van der Waals surface area contributed by atoms with Crippen LogP contribution in [-0.2, 0) is 10.0 Å². The Hall–Kier alpha value is -2.69. The van der Waals surface area contributed by atoms with Crippen molar-refractivity contribution in [1.82, 2.24) is 14.5 Å². The van der Waals surface area contributed by atoms with Crippen LogP contribution in [0.5, 0.6) is 0 Å². The van der Waals surface area contributed by atoms with Crippen molar-refractivity contribution in [3.8, 4) is 0 Å². The first-order valence-corrected chi connectivity index (χ1v) is 11.4. The molecule has 1 saturated heterocycles. The molecule has 160 valence electrons. The summed E-state index contributed by atoms with van der Waals surface area (Å²) >= 11 is 0. The summed E-state index contributed by atoms with van der Waals surface area (Å²) in [6, 6.07) is 8.41. The molecule has 9 nitrogen and oxygen atoms in total. The lowest BCUT2D eigenvalue weighted by molar-refractivity contribution is 0.0993. The molecule has 10 heteroatoms. The van der Waals surface area contributed by atoms with Crippen molar-refractivity contribution in [2.24, 2.45) is 0 Å². The smallest absolute Gasteiger partial charge is 0.407 e. The summed E-state index contributed by atoms with van der Waals surface area (Å²) < 4.78 is 28.6. The van der Waals surface area contributed by atoms with Crippen LogP contribution in [0.15, 0.2) is 35.2 Å². The van der Waals surface area contributed by atoms with Gasteiger partial charge in [0.15, 0.2) is 0 Å². The Morgan fingerprint density at radius 2 is 1.87 bits per heavy atom. The van der Waals surface area contributed by atoms with E-state index in [1.54, 1.807) is 35.2 Å². The highest BCUT2D eigenvalue weighted by Crippen LogP contribution is 2.39. The van der Waals surface area contributed by atoms with Gasteiger partial charge >= 0.3 is 6.09 Å². The Morgan fingerprint density at radius 1 is 1.13 bits per heavy atom. The number of benzene rings is 2. The van der Waals surface area contributed by atoms with Crippen molar-refractivity contribution in [2.45, 2.75) is 11.8 Å². The van der Waals surface area contributed by atoms with Crippen LogP contribution in [0.3, 0.4) is 0 Å². The number of carbonyl (C=O) groups excluding carboxylic acids is 1. The van der Waals surface area contributed by atoms with Crippen LogP contribution in [0.1, 0.15) is 17.3 Å². The predicted octanol–water partition coefficient (Wildman–Crippen LogP) is 1.39. The van der Waals surface area contributed by atoms with Crippen molar-refractivity contribution in [1.29, 1.82) is 0 Å². The van der Waals surface area contributed by atoms with Gasteiger partial charge in [-0.3, -0.25) is 9.69 Å². The normalized spacial score (nSPS) is 17.2. The number of amides is 2. The van der Waals surface area contributed by atoms with E-state index in [0.29, 0.717) is 55.6 Å².